The number of amides is 1. The summed E-state index contributed by atoms with van der Waals surface area (Å²) in [6.07, 6.45) is -2.28. The fraction of sp³-hybridized carbons (Fsp3) is 0.562. The number of hydrogen-bond donors (Lipinski definition) is 1. The maximum Gasteiger partial charge on any atom is 0.418 e. The number of rotatable bonds is 5. The Bertz CT molecular complexity index is 1730. The molecule has 0 aliphatic carbocycles. The Morgan fingerprint density at radius 1 is 1.14 bits per heavy atom. The van der Waals surface area contributed by atoms with Crippen molar-refractivity contribution in [2.75, 3.05) is 51.5 Å². The lowest BCUT2D eigenvalue weighted by molar-refractivity contribution is -0.139. The first-order chi connectivity index (χ1) is 23.8. The predicted molar refractivity (Wildman–Crippen MR) is 177 cm³/mol. The molecule has 1 aromatic carbocycles. The molecule has 6 heterocycles. The van der Waals surface area contributed by atoms with Gasteiger partial charge < -0.3 is 20.1 Å². The number of aryl methyl sites for hydroxylation is 1. The van der Waals surface area contributed by atoms with E-state index < -0.39 is 34.9 Å². The zero-order valence-electron chi connectivity index (χ0n) is 27.8. The number of halogens is 6. The van der Waals surface area contributed by atoms with Gasteiger partial charge in [-0.1, -0.05) is 23.2 Å². The molecule has 4 aliphatic rings. The van der Waals surface area contributed by atoms with Crippen molar-refractivity contribution in [2.45, 2.75) is 76.3 Å². The number of anilines is 2. The zero-order chi connectivity index (χ0) is 35.9. The van der Waals surface area contributed by atoms with Crippen LogP contribution in [0.4, 0.5) is 29.1 Å². The summed E-state index contributed by atoms with van der Waals surface area (Å²) in [6.45, 7) is 3.06. The lowest BCUT2D eigenvalue weighted by Gasteiger charge is -2.31. The summed E-state index contributed by atoms with van der Waals surface area (Å²) in [4.78, 5) is 30.9. The van der Waals surface area contributed by atoms with E-state index >= 15 is 0 Å². The quantitative estimate of drug-likeness (QED) is 0.200. The number of hydrogen-bond acceptors (Lipinski definition) is 10. The van der Waals surface area contributed by atoms with E-state index in [1.165, 1.54) is 40.2 Å². The number of carbonyl (C=O) groups excluding carboxylic acids is 1. The van der Waals surface area contributed by atoms with Crippen LogP contribution in [0.3, 0.4) is 0 Å². The van der Waals surface area contributed by atoms with Crippen molar-refractivity contribution in [3.8, 4) is 6.01 Å². The largest absolute Gasteiger partial charge is 0.467 e. The standard InChI is InChI=1S/C25H26Cl2F3N7O4.C7H12FN/c1-35(40-3)23(38)21-20(27)17-10-36(5-4-6-37(17)34-21)22-14-11-41-18(9-16(14)32-24(33-22)39-2)13-7-12(31)8-15(26)19(13)25(28,29)30;8-6-4-7-2-1-3-9(7)5-6/h7-8,18H,4-6,9-11,31H2,1-3H3;6-7H,1-5H2. The fourth-order valence-electron chi connectivity index (χ4n) is 7.04. The molecule has 3 unspecified atom stereocenters. The van der Waals surface area contributed by atoms with Crippen molar-refractivity contribution in [1.29, 1.82) is 0 Å². The van der Waals surface area contributed by atoms with Crippen molar-refractivity contribution in [2.24, 2.45) is 0 Å². The van der Waals surface area contributed by atoms with Gasteiger partial charge in [-0.25, -0.2) is 9.45 Å². The van der Waals surface area contributed by atoms with E-state index in [-0.39, 0.29) is 47.6 Å². The summed E-state index contributed by atoms with van der Waals surface area (Å²) >= 11 is 12.6. The second kappa shape index (κ2) is 14.7. The average Bonchev–Trinajstić information content (AvgIpc) is 3.69. The van der Waals surface area contributed by atoms with Crippen LogP contribution in [0.15, 0.2) is 12.1 Å². The SMILES string of the molecule is COc1nc2c(c(N3CCCn4nc(C(=O)N(C)OC)c(Cl)c4C3)n1)COC(c1cc(N)cc(Cl)c1C(F)(F)F)C2.FC1CC2CCCN2C1. The second-order valence-electron chi connectivity index (χ2n) is 12.6. The van der Waals surface area contributed by atoms with Gasteiger partial charge in [0, 0.05) is 50.4 Å². The third-order valence-corrected chi connectivity index (χ3v) is 10.2. The molecule has 1 amide bonds. The van der Waals surface area contributed by atoms with Crippen LogP contribution >= 0.6 is 23.2 Å². The summed E-state index contributed by atoms with van der Waals surface area (Å²) < 4.78 is 67.4. The number of ether oxygens (including phenoxy) is 2. The number of aromatic nitrogens is 4. The van der Waals surface area contributed by atoms with Crippen LogP contribution in [-0.2, 0) is 41.9 Å². The molecule has 12 nitrogen and oxygen atoms in total. The molecule has 2 aromatic heterocycles. The van der Waals surface area contributed by atoms with E-state index in [0.717, 1.165) is 24.1 Å². The molecule has 2 N–H and O–H groups in total. The molecular formula is C32H38Cl2F4N8O4. The van der Waals surface area contributed by atoms with Gasteiger partial charge in [-0.2, -0.15) is 28.2 Å². The van der Waals surface area contributed by atoms with Gasteiger partial charge in [0.1, 0.15) is 12.0 Å². The number of nitrogen functional groups attached to an aromatic ring is 1. The van der Waals surface area contributed by atoms with E-state index in [0.29, 0.717) is 54.9 Å². The molecule has 4 aliphatic heterocycles. The molecule has 0 radical (unpaired) electrons. The highest BCUT2D eigenvalue weighted by Crippen LogP contribution is 2.44. The topological polar surface area (TPSA) is 124 Å². The van der Waals surface area contributed by atoms with Crippen LogP contribution in [0, 0.1) is 0 Å². The van der Waals surface area contributed by atoms with E-state index in [1.54, 1.807) is 4.68 Å². The van der Waals surface area contributed by atoms with Crippen LogP contribution in [0.2, 0.25) is 10.0 Å². The molecule has 18 heteroatoms. The van der Waals surface area contributed by atoms with Gasteiger partial charge in [-0.15, -0.1) is 0 Å². The van der Waals surface area contributed by atoms with Crippen LogP contribution in [0.25, 0.3) is 0 Å². The number of benzene rings is 1. The Balaban J connectivity index is 0.000000412. The Labute approximate surface area is 296 Å². The van der Waals surface area contributed by atoms with Crippen molar-refractivity contribution < 1.29 is 36.7 Å². The molecule has 7 rings (SSSR count). The molecule has 3 atom stereocenters. The van der Waals surface area contributed by atoms with Gasteiger partial charge in [0.05, 0.1) is 60.5 Å². The van der Waals surface area contributed by atoms with Gasteiger partial charge in [-0.3, -0.25) is 19.2 Å². The summed E-state index contributed by atoms with van der Waals surface area (Å²) in [7, 11) is 4.22. The highest BCUT2D eigenvalue weighted by Gasteiger charge is 2.40. The molecule has 0 spiro atoms. The highest BCUT2D eigenvalue weighted by atomic mass is 35.5. The predicted octanol–water partition coefficient (Wildman–Crippen LogP) is 5.64. The maximum absolute atomic E-state index is 13.9. The van der Waals surface area contributed by atoms with Gasteiger partial charge in [-0.05, 0) is 49.9 Å². The molecule has 3 aromatic rings. The summed E-state index contributed by atoms with van der Waals surface area (Å²) in [6, 6.07) is 2.94. The Hall–Kier alpha value is -3.44. The van der Waals surface area contributed by atoms with E-state index in [1.807, 2.05) is 4.90 Å². The third kappa shape index (κ3) is 7.31. The minimum atomic E-state index is -4.72. The molecule has 50 heavy (non-hydrogen) atoms. The van der Waals surface area contributed by atoms with Crippen LogP contribution < -0.4 is 15.4 Å². The van der Waals surface area contributed by atoms with Crippen LogP contribution in [-0.4, -0.2) is 88.7 Å². The maximum atomic E-state index is 13.9. The number of fused-ring (bicyclic) bond motifs is 3. The zero-order valence-corrected chi connectivity index (χ0v) is 29.3. The van der Waals surface area contributed by atoms with Crippen molar-refractivity contribution >= 4 is 40.6 Å². The van der Waals surface area contributed by atoms with Gasteiger partial charge in [0.15, 0.2) is 5.69 Å². The summed E-state index contributed by atoms with van der Waals surface area (Å²) in [5, 5.41) is 5.12. The Kier molecular flexibility index (Phi) is 10.7. The van der Waals surface area contributed by atoms with Gasteiger partial charge in [0.2, 0.25) is 0 Å². The Morgan fingerprint density at radius 2 is 1.92 bits per heavy atom. The first-order valence-corrected chi connectivity index (χ1v) is 17.0. The normalized spacial score (nSPS) is 21.9. The molecule has 2 saturated heterocycles. The number of carbonyl (C=O) groups is 1. The molecular weight excluding hydrogens is 707 g/mol. The second-order valence-corrected chi connectivity index (χ2v) is 13.4. The van der Waals surface area contributed by atoms with E-state index in [4.69, 9.17) is 43.2 Å². The van der Waals surface area contributed by atoms with E-state index in [9.17, 15) is 22.4 Å². The lowest BCUT2D eigenvalue weighted by Crippen LogP contribution is -2.29. The summed E-state index contributed by atoms with van der Waals surface area (Å²) in [5.74, 6) is -0.00964. The van der Waals surface area contributed by atoms with Gasteiger partial charge >= 0.3 is 12.2 Å². The molecule has 0 saturated carbocycles. The number of methoxy groups -OCH3 is 1. The number of alkyl halides is 4. The van der Waals surface area contributed by atoms with Crippen molar-refractivity contribution in [3.05, 3.63) is 56.0 Å². The minimum Gasteiger partial charge on any atom is -0.467 e. The summed E-state index contributed by atoms with van der Waals surface area (Å²) in [5.41, 5.74) is 6.49. The fourth-order valence-corrected chi connectivity index (χ4v) is 7.66. The van der Waals surface area contributed by atoms with Gasteiger partial charge in [0.25, 0.3) is 5.91 Å². The Morgan fingerprint density at radius 3 is 2.62 bits per heavy atom. The van der Waals surface area contributed by atoms with E-state index in [2.05, 4.69) is 20.0 Å². The third-order valence-electron chi connectivity index (χ3n) is 9.47. The lowest BCUT2D eigenvalue weighted by atomic mass is 9.94. The number of hydroxylamine groups is 2. The minimum absolute atomic E-state index is 0.00138. The number of nitrogens with two attached hydrogens (primary N) is 1. The molecule has 2 fully saturated rings. The molecule has 0 bridgehead atoms. The molecule has 272 valence electrons. The highest BCUT2D eigenvalue weighted by molar-refractivity contribution is 6.34. The average molecular weight is 746 g/mol. The van der Waals surface area contributed by atoms with Crippen molar-refractivity contribution in [1.82, 2.24) is 29.7 Å². The smallest absolute Gasteiger partial charge is 0.418 e. The monoisotopic (exact) mass is 744 g/mol. The van der Waals surface area contributed by atoms with Crippen LogP contribution in [0.5, 0.6) is 6.01 Å². The number of nitrogens with zero attached hydrogens (tertiary/aromatic N) is 7. The van der Waals surface area contributed by atoms with Crippen LogP contribution in [0.1, 0.15) is 70.4 Å². The first-order valence-electron chi connectivity index (χ1n) is 16.2. The van der Waals surface area contributed by atoms with Crippen molar-refractivity contribution in [3.63, 3.8) is 0 Å². The first kappa shape index (κ1) is 36.4.